The molecule has 0 atom stereocenters. The Morgan fingerprint density at radius 3 is 0.824 bits per heavy atom. The van der Waals surface area contributed by atoms with Gasteiger partial charge in [0.05, 0.1) is 0 Å². The topological polar surface area (TPSA) is 26.0 Å². The summed E-state index contributed by atoms with van der Waals surface area (Å²) in [6.45, 7) is 4.57. The fourth-order valence-corrected chi connectivity index (χ4v) is 1.91. The summed E-state index contributed by atoms with van der Waals surface area (Å²) in [6.07, 6.45) is 17.4. The average Bonchev–Trinajstić information content (AvgIpc) is 2.34. The van der Waals surface area contributed by atoms with Crippen molar-refractivity contribution in [3.05, 3.63) is 0 Å². The summed E-state index contributed by atoms with van der Waals surface area (Å²) in [6, 6.07) is 0. The van der Waals surface area contributed by atoms with Crippen molar-refractivity contribution < 1.29 is 4.70 Å². The molecule has 0 saturated carbocycles. The van der Waals surface area contributed by atoms with Crippen molar-refractivity contribution in [2.75, 3.05) is 7.05 Å². The van der Waals surface area contributed by atoms with Crippen LogP contribution in [0.2, 0.25) is 0 Å². The highest BCUT2D eigenvalue weighted by atomic mass is 19.0. The van der Waals surface area contributed by atoms with Crippen LogP contribution in [0.4, 0.5) is 4.70 Å². The monoisotopic (exact) mass is 249 g/mol. The lowest BCUT2D eigenvalue weighted by atomic mass is 10.1. The quantitative estimate of drug-likeness (QED) is 0.485. The van der Waals surface area contributed by atoms with Gasteiger partial charge in [-0.25, -0.2) is 0 Å². The minimum Gasteiger partial charge on any atom is -0.333 e. The van der Waals surface area contributed by atoms with Crippen molar-refractivity contribution in [1.82, 2.24) is 0 Å². The van der Waals surface area contributed by atoms with Gasteiger partial charge in [0.15, 0.2) is 0 Å². The molecule has 0 rings (SSSR count). The van der Waals surface area contributed by atoms with Crippen molar-refractivity contribution in [3.63, 3.8) is 0 Å². The van der Waals surface area contributed by atoms with Crippen LogP contribution in [0.3, 0.4) is 0 Å². The van der Waals surface area contributed by atoms with Crippen molar-refractivity contribution in [2.45, 2.75) is 90.9 Å². The molecule has 2 heteroatoms. The molecular formula is C15H36FN. The fraction of sp³-hybridized carbons (Fsp3) is 1.00. The van der Waals surface area contributed by atoms with Crippen LogP contribution in [0.5, 0.6) is 0 Å². The van der Waals surface area contributed by atoms with E-state index < -0.39 is 0 Å². The Hall–Kier alpha value is -0.110. The van der Waals surface area contributed by atoms with Gasteiger partial charge in [0.1, 0.15) is 0 Å². The van der Waals surface area contributed by atoms with Crippen molar-refractivity contribution >= 4 is 0 Å². The third-order valence-electron chi connectivity index (χ3n) is 2.96. The second kappa shape index (κ2) is 24.9. The molecule has 0 aliphatic carbocycles. The second-order valence-electron chi connectivity index (χ2n) is 4.54. The van der Waals surface area contributed by atoms with E-state index in [0.717, 1.165) is 0 Å². The van der Waals surface area contributed by atoms with Crippen LogP contribution in [-0.4, -0.2) is 7.05 Å². The van der Waals surface area contributed by atoms with Gasteiger partial charge >= 0.3 is 0 Å². The number of hydrogen-bond acceptors (Lipinski definition) is 1. The van der Waals surface area contributed by atoms with Crippen LogP contribution >= 0.6 is 0 Å². The maximum absolute atomic E-state index is 4.50. The molecule has 108 valence electrons. The standard InChI is InChI=1S/C14H30.CH5N.FH/c1-3-5-7-9-11-13-14-12-10-8-6-4-2;1-2;/h3-14H2,1-2H3;2H2,1H3;1H. The molecule has 0 aliphatic heterocycles. The Morgan fingerprint density at radius 1 is 0.471 bits per heavy atom. The lowest BCUT2D eigenvalue weighted by Crippen LogP contribution is -1.81. The first-order valence-electron chi connectivity index (χ1n) is 7.49. The maximum atomic E-state index is 4.50. The zero-order chi connectivity index (χ0) is 12.5. The van der Waals surface area contributed by atoms with Crippen LogP contribution < -0.4 is 5.73 Å². The molecule has 0 radical (unpaired) electrons. The van der Waals surface area contributed by atoms with Gasteiger partial charge in [0, 0.05) is 0 Å². The summed E-state index contributed by atoms with van der Waals surface area (Å²) in [5, 5.41) is 0. The predicted octanol–water partition coefficient (Wildman–Crippen LogP) is 5.43. The molecule has 0 aromatic rings. The minimum absolute atomic E-state index is 0. The van der Waals surface area contributed by atoms with E-state index >= 15 is 0 Å². The fourth-order valence-electron chi connectivity index (χ4n) is 1.91. The zero-order valence-corrected chi connectivity index (χ0v) is 12.5. The van der Waals surface area contributed by atoms with Gasteiger partial charge in [0.2, 0.25) is 0 Å². The molecule has 0 spiro atoms. The molecule has 17 heavy (non-hydrogen) atoms. The number of rotatable bonds is 11. The summed E-state index contributed by atoms with van der Waals surface area (Å²) in [5.41, 5.74) is 4.50. The van der Waals surface area contributed by atoms with E-state index in [4.69, 9.17) is 0 Å². The second-order valence-corrected chi connectivity index (χ2v) is 4.54. The minimum atomic E-state index is 0. The van der Waals surface area contributed by atoms with Crippen LogP contribution in [0.1, 0.15) is 90.9 Å². The number of hydrogen-bond donors (Lipinski definition) is 1. The molecule has 0 aliphatic rings. The molecule has 0 saturated heterocycles. The Kier molecular flexibility index (Phi) is 32.4. The Balaban J connectivity index is -0.000000616. The summed E-state index contributed by atoms with van der Waals surface area (Å²) < 4.78 is 0. The first-order chi connectivity index (χ1) is 7.91. The van der Waals surface area contributed by atoms with Gasteiger partial charge in [-0.1, -0.05) is 90.9 Å². The van der Waals surface area contributed by atoms with Crippen LogP contribution in [0.15, 0.2) is 0 Å². The van der Waals surface area contributed by atoms with Crippen molar-refractivity contribution in [2.24, 2.45) is 5.73 Å². The van der Waals surface area contributed by atoms with Crippen molar-refractivity contribution in [3.8, 4) is 0 Å². The molecule has 2 N–H and O–H groups in total. The number of nitrogens with two attached hydrogens (primary N) is 1. The average molecular weight is 249 g/mol. The van der Waals surface area contributed by atoms with E-state index in [1.54, 1.807) is 0 Å². The maximum Gasteiger partial charge on any atom is -0.0195 e. The zero-order valence-electron chi connectivity index (χ0n) is 12.5. The van der Waals surface area contributed by atoms with Gasteiger partial charge in [0.25, 0.3) is 0 Å². The highest BCUT2D eigenvalue weighted by Gasteiger charge is 1.91. The van der Waals surface area contributed by atoms with Crippen LogP contribution in [-0.2, 0) is 0 Å². The van der Waals surface area contributed by atoms with Crippen molar-refractivity contribution in [1.29, 1.82) is 0 Å². The SMILES string of the molecule is CCCCCCCCCCCCCC.CN.F. The first kappa shape index (κ1) is 22.1. The summed E-state index contributed by atoms with van der Waals surface area (Å²) in [7, 11) is 1.50. The highest BCUT2D eigenvalue weighted by molar-refractivity contribution is 4.47. The third-order valence-corrected chi connectivity index (χ3v) is 2.96. The lowest BCUT2D eigenvalue weighted by Gasteiger charge is -2.01. The molecular weight excluding hydrogens is 213 g/mol. The largest absolute Gasteiger partial charge is 0.333 e. The van der Waals surface area contributed by atoms with E-state index in [9.17, 15) is 0 Å². The predicted molar refractivity (Wildman–Crippen MR) is 79.4 cm³/mol. The van der Waals surface area contributed by atoms with E-state index in [1.807, 2.05) is 0 Å². The first-order valence-corrected chi connectivity index (χ1v) is 7.49. The van der Waals surface area contributed by atoms with Gasteiger partial charge in [-0.05, 0) is 7.05 Å². The number of unbranched alkanes of at least 4 members (excludes halogenated alkanes) is 11. The molecule has 0 heterocycles. The lowest BCUT2D eigenvalue weighted by molar-refractivity contribution is 0.548. The van der Waals surface area contributed by atoms with Gasteiger partial charge < -0.3 is 5.73 Å². The van der Waals surface area contributed by atoms with E-state index in [2.05, 4.69) is 19.6 Å². The molecule has 0 unspecified atom stereocenters. The van der Waals surface area contributed by atoms with Crippen LogP contribution in [0.25, 0.3) is 0 Å². The Morgan fingerprint density at radius 2 is 0.647 bits per heavy atom. The summed E-state index contributed by atoms with van der Waals surface area (Å²) in [4.78, 5) is 0. The smallest absolute Gasteiger partial charge is 0.0195 e. The highest BCUT2D eigenvalue weighted by Crippen LogP contribution is 2.11. The van der Waals surface area contributed by atoms with Gasteiger partial charge in [-0.3, -0.25) is 4.70 Å². The summed E-state index contributed by atoms with van der Waals surface area (Å²) >= 11 is 0. The molecule has 0 amide bonds. The normalized spacial score (nSPS) is 9.18. The van der Waals surface area contributed by atoms with E-state index in [1.165, 1.54) is 84.1 Å². The van der Waals surface area contributed by atoms with E-state index in [0.29, 0.717) is 0 Å². The van der Waals surface area contributed by atoms with Gasteiger partial charge in [-0.2, -0.15) is 0 Å². The Bertz CT molecular complexity index is 84.9. The molecule has 0 bridgehead atoms. The van der Waals surface area contributed by atoms with E-state index in [-0.39, 0.29) is 4.70 Å². The number of halogens is 1. The third kappa shape index (κ3) is 25.9. The van der Waals surface area contributed by atoms with Crippen LogP contribution in [0, 0.1) is 0 Å². The van der Waals surface area contributed by atoms with Gasteiger partial charge in [-0.15, -0.1) is 0 Å². The molecule has 0 aromatic carbocycles. The Labute approximate surface area is 109 Å². The molecule has 1 nitrogen and oxygen atoms in total. The molecule has 0 aromatic heterocycles. The summed E-state index contributed by atoms with van der Waals surface area (Å²) in [5.74, 6) is 0. The molecule has 0 fully saturated rings.